The van der Waals surface area contributed by atoms with Crippen molar-refractivity contribution in [2.45, 2.75) is 289 Å². The van der Waals surface area contributed by atoms with Gasteiger partial charge in [0.25, 0.3) is 10.1 Å². The molecule has 44 heteroatoms. The van der Waals surface area contributed by atoms with E-state index >= 15 is 0 Å². The van der Waals surface area contributed by atoms with E-state index in [1.165, 1.54) is 4.90 Å². The van der Waals surface area contributed by atoms with Gasteiger partial charge >= 0.3 is 54.3 Å². The Morgan fingerprint density at radius 2 is 0.546 bits per heavy atom. The number of ether oxygens (including phenoxy) is 5. The van der Waals surface area contributed by atoms with Crippen LogP contribution in [0.15, 0.2) is 5.11 Å². The minimum Gasteiger partial charge on any atom is -0.473 e. The van der Waals surface area contributed by atoms with E-state index in [0.29, 0.717) is 57.8 Å². The topological polar surface area (TPSA) is 644 Å². The number of aliphatic carboxylic acids is 4. The van der Waals surface area contributed by atoms with Gasteiger partial charge in [0, 0.05) is 147 Å². The highest BCUT2D eigenvalue weighted by Crippen LogP contribution is 2.33. The minimum absolute atomic E-state index is 0. The van der Waals surface area contributed by atoms with Gasteiger partial charge in [-0.15, -0.1) is 0 Å². The van der Waals surface area contributed by atoms with Crippen molar-refractivity contribution < 1.29 is 129 Å². The van der Waals surface area contributed by atoms with Gasteiger partial charge in [-0.25, -0.2) is 43.2 Å². The first-order chi connectivity index (χ1) is 53.5. The maximum Gasteiger partial charge on any atom is 0.414 e. The van der Waals surface area contributed by atoms with Crippen LogP contribution >= 0.6 is 0 Å². The first kappa shape index (κ1) is 114. The third-order valence-corrected chi connectivity index (χ3v) is 18.2. The molecule has 119 heavy (non-hydrogen) atoms. The van der Waals surface area contributed by atoms with Crippen LogP contribution in [0.5, 0.6) is 0 Å². The van der Waals surface area contributed by atoms with E-state index in [1.807, 2.05) is 62.3 Å². The number of nitrogens with zero attached hydrogens (tertiary/aromatic N) is 8. The Morgan fingerprint density at radius 3 is 0.748 bits per heavy atom. The number of alkyl carbamates (subject to hydrolysis) is 5. The number of rotatable bonds is 13. The lowest BCUT2D eigenvalue weighted by Gasteiger charge is -2.36. The van der Waals surface area contributed by atoms with E-state index in [9.17, 15) is 56.4 Å². The molecule has 0 bridgehead atoms. The van der Waals surface area contributed by atoms with Gasteiger partial charge in [0.1, 0.15) is 28.0 Å². The molecule has 0 aliphatic heterocycles. The SMILES string of the molecule is CN(C)C(=O)[C@H]1CC[C@@H](OS(C)(=O)=O)[C@H](NC(=O)OC(C)(C)C)C1.CN(C)C(=O)[C@H]1CC[C@H](N)[C@H](NC(=O)OC(C)(C)C)C1.CN(C)C(=O)[C@H]1CC[C@H](N)[C@H](NC(=O)OC(C)(C)C)C1.CN(C)C(=O)[C@H]1CC[C@H](N)[C@H](NC(=O)OC(C)(C)C)C1.CN(C)C(=O)[C@H]1CC[C@H](N=[N+]=[N-])[C@H](NC(=O)OC(C)(C)C)C1.O.O=C(O)C(=O)O.O=C(O)C(=O)O. The number of carboxylic acid groups (broad SMARTS) is 4. The molecule has 10 amide bonds. The number of carbonyl (C=O) groups excluding carboxylic acids is 10. The highest BCUT2D eigenvalue weighted by atomic mass is 32.2. The average molecular weight is 1730 g/mol. The summed E-state index contributed by atoms with van der Waals surface area (Å²) in [5, 5.41) is 47.1. The first-order valence-electron chi connectivity index (χ1n) is 38.7. The lowest BCUT2D eigenvalue weighted by atomic mass is 9.82. The van der Waals surface area contributed by atoms with Gasteiger partial charge in [-0.05, 0) is 206 Å². The molecular formula is C75H140N16O27S. The third kappa shape index (κ3) is 50.4. The predicted octanol–water partition coefficient (Wildman–Crippen LogP) is 4.33. The number of nitrogens with two attached hydrogens (primary N) is 3. The van der Waals surface area contributed by atoms with Crippen LogP contribution in [-0.2, 0) is 81.1 Å². The lowest BCUT2D eigenvalue weighted by Crippen LogP contribution is -2.53. The smallest absolute Gasteiger partial charge is 0.414 e. The Kier molecular flexibility index (Phi) is 49.1. The molecule has 5 saturated carbocycles. The molecule has 43 nitrogen and oxygen atoms in total. The summed E-state index contributed by atoms with van der Waals surface area (Å²) < 4.78 is 54.1. The molecule has 0 aromatic rings. The molecule has 5 fully saturated rings. The second-order valence-corrected chi connectivity index (χ2v) is 36.9. The van der Waals surface area contributed by atoms with Gasteiger partial charge < -0.3 is 118 Å². The zero-order valence-electron chi connectivity index (χ0n) is 74.3. The summed E-state index contributed by atoms with van der Waals surface area (Å²) in [6, 6.07) is -2.40. The summed E-state index contributed by atoms with van der Waals surface area (Å²) in [6.07, 6.45) is 6.61. The van der Waals surface area contributed by atoms with E-state index in [2.05, 4.69) is 36.6 Å². The molecule has 688 valence electrons. The fourth-order valence-electron chi connectivity index (χ4n) is 12.5. The van der Waals surface area contributed by atoms with Crippen LogP contribution in [0.2, 0.25) is 0 Å². The molecule has 5 aliphatic rings. The number of hydrogen-bond acceptors (Lipinski definition) is 26. The van der Waals surface area contributed by atoms with Crippen molar-refractivity contribution in [3.63, 3.8) is 0 Å². The van der Waals surface area contributed by atoms with Crippen LogP contribution in [0, 0.1) is 29.6 Å². The van der Waals surface area contributed by atoms with Crippen LogP contribution in [-0.4, -0.2) is 308 Å². The summed E-state index contributed by atoms with van der Waals surface area (Å²) in [4.78, 5) is 167. The fraction of sp³-hybridized carbons (Fsp3) is 0.813. The summed E-state index contributed by atoms with van der Waals surface area (Å²) in [7, 11) is 13.5. The molecule has 0 spiro atoms. The van der Waals surface area contributed by atoms with Gasteiger partial charge in [0.2, 0.25) is 29.5 Å². The van der Waals surface area contributed by atoms with E-state index in [0.717, 1.165) is 44.8 Å². The van der Waals surface area contributed by atoms with Crippen LogP contribution in [0.4, 0.5) is 24.0 Å². The standard InChI is InChI=1S/C15H28N2O6S.C14H25N5O3.3C14H27N3O3.2C2H2O4.H2O/c1-15(2,3)22-14(19)16-11-9-10(13(18)17(4)5)7-8-12(11)23-24(6,20)21;1-14(2,3)22-13(21)16-11-8-9(12(20)19(4)5)6-7-10(11)17-18-15;3*1-14(2,3)20-13(19)16-11-8-9(6-7-10(11)15)12(18)17(4)5;2*3-1(4)2(5)6;/h10-12H,7-9H2,1-6H3,(H,16,19);9-11H,6-8H2,1-5H3,(H,16,21);3*9-11H,6-8,15H2,1-5H3,(H,16,19);2*(H,3,4)(H,5,6);1H2/t10-,11+,12+;4*9-,10-,11+;;;/m00000.../s1. The summed E-state index contributed by atoms with van der Waals surface area (Å²) in [5.74, 6) is -7.76. The first-order valence-corrected chi connectivity index (χ1v) is 40.5. The molecule has 17 N–H and O–H groups in total. The minimum atomic E-state index is -3.67. The lowest BCUT2D eigenvalue weighted by molar-refractivity contribution is -0.159. The van der Waals surface area contributed by atoms with Crippen molar-refractivity contribution in [1.29, 1.82) is 0 Å². The third-order valence-electron chi connectivity index (χ3n) is 17.6. The molecule has 0 heterocycles. The Labute approximate surface area is 699 Å². The van der Waals surface area contributed by atoms with Gasteiger partial charge in [0.15, 0.2) is 0 Å². The van der Waals surface area contributed by atoms with Crippen molar-refractivity contribution in [2.24, 2.45) is 51.9 Å². The summed E-state index contributed by atoms with van der Waals surface area (Å²) in [5.41, 5.74) is 23.9. The van der Waals surface area contributed by atoms with E-state index in [4.69, 9.17) is 90.2 Å². The quantitative estimate of drug-likeness (QED) is 0.0305. The molecule has 5 aliphatic carbocycles. The van der Waals surface area contributed by atoms with E-state index < -0.39 is 111 Å². The molecule has 0 saturated heterocycles. The molecular weight excluding hydrogens is 1590 g/mol. The van der Waals surface area contributed by atoms with Crippen molar-refractivity contribution in [3.05, 3.63) is 10.4 Å². The zero-order chi connectivity index (χ0) is 92.4. The molecule has 15 atom stereocenters. The second kappa shape index (κ2) is 51.3. The number of carboxylic acids is 4. The molecule has 0 unspecified atom stereocenters. The van der Waals surface area contributed by atoms with Crippen molar-refractivity contribution >= 4 is 94.0 Å². The van der Waals surface area contributed by atoms with Gasteiger partial charge in [-0.3, -0.25) is 28.2 Å². The highest BCUT2D eigenvalue weighted by molar-refractivity contribution is 7.86. The van der Waals surface area contributed by atoms with Crippen molar-refractivity contribution in [3.8, 4) is 0 Å². The van der Waals surface area contributed by atoms with Gasteiger partial charge in [0.05, 0.1) is 24.4 Å². The number of nitrogens with one attached hydrogen (secondary N) is 5. The van der Waals surface area contributed by atoms with E-state index in [1.54, 1.807) is 132 Å². The predicted molar refractivity (Wildman–Crippen MR) is 437 cm³/mol. The number of hydrogen-bond donors (Lipinski definition) is 12. The maximum atomic E-state index is 12.2. The Bertz CT molecular complexity index is 3280. The van der Waals surface area contributed by atoms with Crippen LogP contribution in [0.1, 0.15) is 200 Å². The van der Waals surface area contributed by atoms with Crippen molar-refractivity contribution in [2.75, 3.05) is 76.7 Å². The molecule has 0 aromatic carbocycles. The Morgan fingerprint density at radius 1 is 0.353 bits per heavy atom. The number of azide groups is 1. The number of carbonyl (C=O) groups is 14. The Hall–Kier alpha value is -9.36. The largest absolute Gasteiger partial charge is 0.473 e. The fourth-order valence-corrected chi connectivity index (χ4v) is 13.1. The molecule has 0 radical (unpaired) electrons. The summed E-state index contributed by atoms with van der Waals surface area (Å²) >= 11 is 0. The molecule has 0 aromatic heterocycles. The maximum absolute atomic E-state index is 12.2. The normalized spacial score (nSPS) is 23.9. The Balaban J connectivity index is -0.00000136. The average Bonchev–Trinajstić information content (AvgIpc) is 0.843. The van der Waals surface area contributed by atoms with Crippen molar-refractivity contribution in [1.82, 2.24) is 51.1 Å². The van der Waals surface area contributed by atoms with Crippen LogP contribution in [0.3, 0.4) is 0 Å². The zero-order valence-corrected chi connectivity index (χ0v) is 75.1. The highest BCUT2D eigenvalue weighted by Gasteiger charge is 2.42. The van der Waals surface area contributed by atoms with Gasteiger partial charge in [-0.2, -0.15) is 8.42 Å². The van der Waals surface area contributed by atoms with E-state index in [-0.39, 0.29) is 107 Å². The van der Waals surface area contributed by atoms with Crippen LogP contribution in [0.25, 0.3) is 10.4 Å². The van der Waals surface area contributed by atoms with Gasteiger partial charge in [-0.1, -0.05) is 5.11 Å². The second-order valence-electron chi connectivity index (χ2n) is 35.3. The molecule has 5 rings (SSSR count). The number of amides is 10. The monoisotopic (exact) mass is 1730 g/mol. The van der Waals surface area contributed by atoms with Crippen LogP contribution < -0.4 is 43.8 Å². The summed E-state index contributed by atoms with van der Waals surface area (Å²) in [6.45, 7) is 26.8.